The summed E-state index contributed by atoms with van der Waals surface area (Å²) in [4.78, 5) is 2.32. The zero-order valence-corrected chi connectivity index (χ0v) is 13.2. The summed E-state index contributed by atoms with van der Waals surface area (Å²) in [5, 5.41) is 3.53. The lowest BCUT2D eigenvalue weighted by Gasteiger charge is -2.38. The first kappa shape index (κ1) is 15.9. The molecule has 1 N–H and O–H groups in total. The predicted octanol–water partition coefficient (Wildman–Crippen LogP) is 1.13. The first-order valence-electron chi connectivity index (χ1n) is 6.80. The second kappa shape index (κ2) is 5.88. The van der Waals surface area contributed by atoms with E-state index in [1.54, 1.807) is 0 Å². The van der Waals surface area contributed by atoms with Crippen molar-refractivity contribution < 1.29 is 8.42 Å². The molecule has 1 rings (SSSR count). The van der Waals surface area contributed by atoms with Gasteiger partial charge in [-0.1, -0.05) is 13.8 Å². The summed E-state index contributed by atoms with van der Waals surface area (Å²) in [6.45, 7) is 13.2. The molecule has 0 bridgehead atoms. The Morgan fingerprint density at radius 2 is 1.67 bits per heavy atom. The van der Waals surface area contributed by atoms with Gasteiger partial charge in [-0.2, -0.15) is 0 Å². The monoisotopic (exact) mass is 276 g/mol. The lowest BCUT2D eigenvalue weighted by molar-refractivity contribution is 0.155. The maximum absolute atomic E-state index is 11.5. The van der Waals surface area contributed by atoms with Crippen LogP contribution in [-0.4, -0.2) is 56.0 Å². The first-order chi connectivity index (χ1) is 8.11. The first-order valence-corrected chi connectivity index (χ1v) is 8.62. The molecule has 0 aromatic heterocycles. The van der Waals surface area contributed by atoms with Crippen molar-refractivity contribution in [2.75, 3.05) is 31.1 Å². The quantitative estimate of drug-likeness (QED) is 0.836. The summed E-state index contributed by atoms with van der Waals surface area (Å²) in [5.41, 5.74) is 0.106. The highest BCUT2D eigenvalue weighted by molar-refractivity contribution is 7.91. The van der Waals surface area contributed by atoms with E-state index in [1.807, 2.05) is 0 Å². The van der Waals surface area contributed by atoms with Gasteiger partial charge in [0.1, 0.15) is 0 Å². The van der Waals surface area contributed by atoms with Crippen LogP contribution in [0.4, 0.5) is 0 Å². The van der Waals surface area contributed by atoms with Gasteiger partial charge in [-0.3, -0.25) is 4.90 Å². The minimum absolute atomic E-state index is 0.106. The maximum Gasteiger partial charge on any atom is 0.152 e. The molecule has 1 aliphatic heterocycles. The van der Waals surface area contributed by atoms with Crippen molar-refractivity contribution in [1.82, 2.24) is 10.2 Å². The van der Waals surface area contributed by atoms with Crippen LogP contribution in [0.15, 0.2) is 0 Å². The zero-order chi connectivity index (χ0) is 14.0. The van der Waals surface area contributed by atoms with E-state index in [4.69, 9.17) is 0 Å². The highest BCUT2D eigenvalue weighted by atomic mass is 32.2. The largest absolute Gasteiger partial charge is 0.311 e. The zero-order valence-electron chi connectivity index (χ0n) is 12.4. The fourth-order valence-electron chi connectivity index (χ4n) is 2.26. The minimum atomic E-state index is -2.78. The van der Waals surface area contributed by atoms with Gasteiger partial charge in [0.15, 0.2) is 9.84 Å². The minimum Gasteiger partial charge on any atom is -0.311 e. The van der Waals surface area contributed by atoms with E-state index in [2.05, 4.69) is 44.8 Å². The lowest BCUT2D eigenvalue weighted by Crippen LogP contribution is -2.54. The Labute approximate surface area is 112 Å². The molecule has 0 radical (unpaired) electrons. The Bertz CT molecular complexity index is 344. The summed E-state index contributed by atoms with van der Waals surface area (Å²) >= 11 is 0. The number of rotatable bonds is 4. The summed E-state index contributed by atoms with van der Waals surface area (Å²) in [6, 6.07) is 0.416. The molecule has 0 saturated carbocycles. The van der Waals surface area contributed by atoms with E-state index in [1.165, 1.54) is 0 Å². The summed E-state index contributed by atoms with van der Waals surface area (Å²) < 4.78 is 22.9. The standard InChI is InChI=1S/C13H28N2O2S/c1-11(2)12(10-14-13(3,4)5)15-6-8-18(16,17)9-7-15/h11-12,14H,6-10H2,1-5H3. The lowest BCUT2D eigenvalue weighted by atomic mass is 10.0. The van der Waals surface area contributed by atoms with Crippen molar-refractivity contribution in [2.24, 2.45) is 5.92 Å². The highest BCUT2D eigenvalue weighted by Gasteiger charge is 2.29. The van der Waals surface area contributed by atoms with Crippen LogP contribution in [0.3, 0.4) is 0 Å². The van der Waals surface area contributed by atoms with Gasteiger partial charge >= 0.3 is 0 Å². The molecule has 0 aromatic carbocycles. The Hall–Kier alpha value is -0.130. The third-order valence-electron chi connectivity index (χ3n) is 3.46. The van der Waals surface area contributed by atoms with E-state index < -0.39 is 9.84 Å². The Morgan fingerprint density at radius 3 is 2.06 bits per heavy atom. The molecule has 5 heteroatoms. The third-order valence-corrected chi connectivity index (χ3v) is 5.07. The molecule has 0 amide bonds. The molecular formula is C13H28N2O2S. The van der Waals surface area contributed by atoms with Crippen LogP contribution in [0.5, 0.6) is 0 Å². The number of nitrogens with one attached hydrogen (secondary N) is 1. The molecule has 1 atom stereocenters. The molecular weight excluding hydrogens is 248 g/mol. The van der Waals surface area contributed by atoms with Crippen molar-refractivity contribution in [3.63, 3.8) is 0 Å². The van der Waals surface area contributed by atoms with Crippen LogP contribution in [-0.2, 0) is 9.84 Å². The third kappa shape index (κ3) is 5.24. The van der Waals surface area contributed by atoms with Gasteiger partial charge in [-0.05, 0) is 26.7 Å². The molecule has 4 nitrogen and oxygen atoms in total. The molecule has 108 valence electrons. The Kier molecular flexibility index (Phi) is 5.21. The van der Waals surface area contributed by atoms with Crippen LogP contribution < -0.4 is 5.32 Å². The normalized spacial score (nSPS) is 23.2. The van der Waals surface area contributed by atoms with E-state index in [9.17, 15) is 8.42 Å². The van der Waals surface area contributed by atoms with Crippen LogP contribution in [0, 0.1) is 5.92 Å². The molecule has 18 heavy (non-hydrogen) atoms. The van der Waals surface area contributed by atoms with Gasteiger partial charge < -0.3 is 5.32 Å². The summed E-state index contributed by atoms with van der Waals surface area (Å²) in [7, 11) is -2.78. The molecule has 0 spiro atoms. The van der Waals surface area contributed by atoms with Gasteiger partial charge in [-0.15, -0.1) is 0 Å². The van der Waals surface area contributed by atoms with E-state index in [0.717, 1.165) is 6.54 Å². The molecule has 1 heterocycles. The molecule has 1 saturated heterocycles. The predicted molar refractivity (Wildman–Crippen MR) is 76.6 cm³/mol. The Balaban J connectivity index is 2.58. The van der Waals surface area contributed by atoms with E-state index in [-0.39, 0.29) is 5.54 Å². The number of sulfone groups is 1. The van der Waals surface area contributed by atoms with Crippen molar-refractivity contribution in [2.45, 2.75) is 46.2 Å². The maximum atomic E-state index is 11.5. The second-order valence-electron chi connectivity index (χ2n) is 6.63. The van der Waals surface area contributed by atoms with Crippen molar-refractivity contribution in [3.8, 4) is 0 Å². The average Bonchev–Trinajstić information content (AvgIpc) is 2.18. The van der Waals surface area contributed by atoms with Crippen LogP contribution in [0.2, 0.25) is 0 Å². The van der Waals surface area contributed by atoms with Gasteiger partial charge in [0.05, 0.1) is 11.5 Å². The molecule has 0 aliphatic carbocycles. The molecule has 0 aromatic rings. The van der Waals surface area contributed by atoms with Crippen molar-refractivity contribution >= 4 is 9.84 Å². The fourth-order valence-corrected chi connectivity index (χ4v) is 3.48. The number of hydrogen-bond acceptors (Lipinski definition) is 4. The topological polar surface area (TPSA) is 49.4 Å². The van der Waals surface area contributed by atoms with Gasteiger partial charge in [-0.25, -0.2) is 8.42 Å². The van der Waals surface area contributed by atoms with Gasteiger partial charge in [0, 0.05) is 31.2 Å². The Morgan fingerprint density at radius 1 is 1.17 bits per heavy atom. The summed E-state index contributed by atoms with van der Waals surface area (Å²) in [6.07, 6.45) is 0. The highest BCUT2D eigenvalue weighted by Crippen LogP contribution is 2.15. The molecule has 1 unspecified atom stereocenters. The average molecular weight is 276 g/mol. The van der Waals surface area contributed by atoms with Crippen LogP contribution in [0.25, 0.3) is 0 Å². The van der Waals surface area contributed by atoms with E-state index >= 15 is 0 Å². The van der Waals surface area contributed by atoms with Crippen molar-refractivity contribution in [1.29, 1.82) is 0 Å². The fraction of sp³-hybridized carbons (Fsp3) is 1.00. The van der Waals surface area contributed by atoms with Gasteiger partial charge in [0.25, 0.3) is 0 Å². The SMILES string of the molecule is CC(C)C(CNC(C)(C)C)N1CCS(=O)(=O)CC1. The number of nitrogens with zero attached hydrogens (tertiary/aromatic N) is 1. The molecule has 1 aliphatic rings. The van der Waals surface area contributed by atoms with Crippen molar-refractivity contribution in [3.05, 3.63) is 0 Å². The van der Waals surface area contributed by atoms with E-state index in [0.29, 0.717) is 36.6 Å². The smallest absolute Gasteiger partial charge is 0.152 e. The van der Waals surface area contributed by atoms with Crippen LogP contribution >= 0.6 is 0 Å². The van der Waals surface area contributed by atoms with Crippen LogP contribution in [0.1, 0.15) is 34.6 Å². The molecule has 1 fully saturated rings. The number of hydrogen-bond donors (Lipinski definition) is 1. The second-order valence-corrected chi connectivity index (χ2v) is 8.93. The summed E-state index contributed by atoms with van der Waals surface area (Å²) in [5.74, 6) is 1.15. The van der Waals surface area contributed by atoms with Gasteiger partial charge in [0.2, 0.25) is 0 Å².